The summed E-state index contributed by atoms with van der Waals surface area (Å²) in [6.45, 7) is 1.55. The normalized spacial score (nSPS) is 12.0. The van der Waals surface area contributed by atoms with Gasteiger partial charge in [-0.25, -0.2) is 4.79 Å². The van der Waals surface area contributed by atoms with E-state index in [2.05, 4.69) is 4.74 Å². The molecule has 6 heteroatoms. The van der Waals surface area contributed by atoms with Crippen LogP contribution in [-0.2, 0) is 9.53 Å². The molecule has 4 nitrogen and oxygen atoms in total. The van der Waals surface area contributed by atoms with E-state index in [9.17, 15) is 4.79 Å². The fourth-order valence-corrected chi connectivity index (χ4v) is 1.47. The van der Waals surface area contributed by atoms with Gasteiger partial charge in [-0.05, 0) is 13.0 Å². The molecule has 0 saturated heterocycles. The van der Waals surface area contributed by atoms with Gasteiger partial charge in [-0.3, -0.25) is 0 Å². The SMILES string of the molecule is COC(=O)C(C)Oc1cc(N)c(Cl)cc1Cl. The molecule has 1 atom stereocenters. The summed E-state index contributed by atoms with van der Waals surface area (Å²) in [5.41, 5.74) is 5.92. The van der Waals surface area contributed by atoms with Crippen LogP contribution in [0.25, 0.3) is 0 Å². The van der Waals surface area contributed by atoms with Gasteiger partial charge in [-0.2, -0.15) is 0 Å². The Hall–Kier alpha value is -1.13. The molecule has 0 heterocycles. The van der Waals surface area contributed by atoms with Gasteiger partial charge in [0.25, 0.3) is 0 Å². The average Bonchev–Trinajstić information content (AvgIpc) is 2.24. The number of rotatable bonds is 3. The topological polar surface area (TPSA) is 61.5 Å². The third kappa shape index (κ3) is 2.93. The molecule has 1 aromatic rings. The molecule has 0 radical (unpaired) electrons. The maximum atomic E-state index is 11.1. The van der Waals surface area contributed by atoms with E-state index in [4.69, 9.17) is 33.7 Å². The van der Waals surface area contributed by atoms with E-state index < -0.39 is 12.1 Å². The molecule has 0 aromatic heterocycles. The number of benzene rings is 1. The van der Waals surface area contributed by atoms with E-state index >= 15 is 0 Å². The molecule has 1 unspecified atom stereocenters. The molecule has 0 amide bonds. The maximum absolute atomic E-state index is 11.1. The lowest BCUT2D eigenvalue weighted by Crippen LogP contribution is -2.25. The summed E-state index contributed by atoms with van der Waals surface area (Å²) in [6.07, 6.45) is -0.761. The van der Waals surface area contributed by atoms with E-state index in [1.165, 1.54) is 19.2 Å². The van der Waals surface area contributed by atoms with E-state index in [0.717, 1.165) is 0 Å². The Morgan fingerprint density at radius 3 is 2.56 bits per heavy atom. The van der Waals surface area contributed by atoms with Crippen LogP contribution in [-0.4, -0.2) is 19.2 Å². The molecule has 0 saturated carbocycles. The summed E-state index contributed by atoms with van der Waals surface area (Å²) in [5, 5.41) is 0.623. The molecule has 88 valence electrons. The minimum Gasteiger partial charge on any atom is -0.477 e. The molecule has 0 fully saturated rings. The molecule has 2 N–H and O–H groups in total. The first kappa shape index (κ1) is 12.9. The lowest BCUT2D eigenvalue weighted by molar-refractivity contribution is -0.147. The molecular weight excluding hydrogens is 253 g/mol. The van der Waals surface area contributed by atoms with E-state index in [-0.39, 0.29) is 5.02 Å². The number of nitrogens with two attached hydrogens (primary N) is 1. The van der Waals surface area contributed by atoms with Gasteiger partial charge in [-0.15, -0.1) is 0 Å². The van der Waals surface area contributed by atoms with Crippen LogP contribution in [0.3, 0.4) is 0 Å². The number of hydrogen-bond acceptors (Lipinski definition) is 4. The molecule has 0 aliphatic carbocycles. The van der Waals surface area contributed by atoms with Crippen LogP contribution in [0.2, 0.25) is 10.0 Å². The highest BCUT2D eigenvalue weighted by Crippen LogP contribution is 2.33. The first-order valence-corrected chi connectivity index (χ1v) is 5.20. The number of esters is 1. The molecule has 1 aromatic carbocycles. The fourth-order valence-electron chi connectivity index (χ4n) is 1.04. The van der Waals surface area contributed by atoms with Gasteiger partial charge in [0, 0.05) is 6.07 Å². The second-order valence-electron chi connectivity index (χ2n) is 3.09. The van der Waals surface area contributed by atoms with Crippen molar-refractivity contribution in [3.63, 3.8) is 0 Å². The summed E-state index contributed by atoms with van der Waals surface area (Å²) in [6, 6.07) is 2.92. The first-order valence-electron chi connectivity index (χ1n) is 4.44. The molecule has 0 aliphatic heterocycles. The Labute approximate surface area is 103 Å². The fraction of sp³-hybridized carbons (Fsp3) is 0.300. The van der Waals surface area contributed by atoms with Crippen LogP contribution in [0, 0.1) is 0 Å². The highest BCUT2D eigenvalue weighted by atomic mass is 35.5. The highest BCUT2D eigenvalue weighted by Gasteiger charge is 2.17. The zero-order chi connectivity index (χ0) is 12.3. The van der Waals surface area contributed by atoms with Crippen LogP contribution in [0.1, 0.15) is 6.92 Å². The highest BCUT2D eigenvalue weighted by molar-refractivity contribution is 6.37. The number of carbonyl (C=O) groups excluding carboxylic acids is 1. The number of hydrogen-bond donors (Lipinski definition) is 1. The number of methoxy groups -OCH3 is 1. The van der Waals surface area contributed by atoms with Crippen molar-refractivity contribution < 1.29 is 14.3 Å². The Kier molecular flexibility index (Phi) is 4.26. The standard InChI is InChI=1S/C10H11Cl2NO3/c1-5(10(14)15-2)16-9-4-8(13)6(11)3-7(9)12/h3-5H,13H2,1-2H3. The average molecular weight is 264 g/mol. The smallest absolute Gasteiger partial charge is 0.346 e. The zero-order valence-corrected chi connectivity index (χ0v) is 10.3. The van der Waals surface area contributed by atoms with Crippen molar-refractivity contribution >= 4 is 34.9 Å². The zero-order valence-electron chi connectivity index (χ0n) is 8.79. The Bertz CT molecular complexity index is 409. The molecule has 16 heavy (non-hydrogen) atoms. The van der Waals surface area contributed by atoms with Gasteiger partial charge < -0.3 is 15.2 Å². The van der Waals surface area contributed by atoms with Crippen molar-refractivity contribution in [1.82, 2.24) is 0 Å². The van der Waals surface area contributed by atoms with Crippen LogP contribution in [0.15, 0.2) is 12.1 Å². The molecule has 0 aliphatic rings. The summed E-state index contributed by atoms with van der Waals surface area (Å²) in [7, 11) is 1.28. The van der Waals surface area contributed by atoms with E-state index in [0.29, 0.717) is 16.5 Å². The number of carbonyl (C=O) groups is 1. The minimum atomic E-state index is -0.761. The molecule has 0 spiro atoms. The van der Waals surface area contributed by atoms with Crippen molar-refractivity contribution in [2.45, 2.75) is 13.0 Å². The Morgan fingerprint density at radius 1 is 1.38 bits per heavy atom. The van der Waals surface area contributed by atoms with Crippen molar-refractivity contribution in [3.05, 3.63) is 22.2 Å². The van der Waals surface area contributed by atoms with Crippen molar-refractivity contribution in [2.24, 2.45) is 0 Å². The van der Waals surface area contributed by atoms with Crippen LogP contribution >= 0.6 is 23.2 Å². The third-order valence-corrected chi connectivity index (χ3v) is 2.51. The number of halogens is 2. The van der Waals surface area contributed by atoms with Gasteiger partial charge in [0.05, 0.1) is 22.8 Å². The number of anilines is 1. The van der Waals surface area contributed by atoms with Gasteiger partial charge in [-0.1, -0.05) is 23.2 Å². The molecule has 0 bridgehead atoms. The van der Waals surface area contributed by atoms with Crippen molar-refractivity contribution in [2.75, 3.05) is 12.8 Å². The van der Waals surface area contributed by atoms with Gasteiger partial charge in [0.1, 0.15) is 5.75 Å². The summed E-state index contributed by atoms with van der Waals surface area (Å²) >= 11 is 11.6. The van der Waals surface area contributed by atoms with Crippen LogP contribution < -0.4 is 10.5 Å². The quantitative estimate of drug-likeness (QED) is 0.673. The van der Waals surface area contributed by atoms with Crippen LogP contribution in [0.4, 0.5) is 5.69 Å². The van der Waals surface area contributed by atoms with Gasteiger partial charge in [0.15, 0.2) is 6.10 Å². The molecule has 1 rings (SSSR count). The predicted molar refractivity (Wildman–Crippen MR) is 63.0 cm³/mol. The van der Waals surface area contributed by atoms with Crippen LogP contribution in [0.5, 0.6) is 5.75 Å². The largest absolute Gasteiger partial charge is 0.477 e. The Morgan fingerprint density at radius 2 is 2.00 bits per heavy atom. The second kappa shape index (κ2) is 5.27. The van der Waals surface area contributed by atoms with E-state index in [1.807, 2.05) is 0 Å². The van der Waals surface area contributed by atoms with E-state index in [1.54, 1.807) is 6.92 Å². The third-order valence-electron chi connectivity index (χ3n) is 1.89. The summed E-state index contributed by atoms with van der Waals surface area (Å²) < 4.78 is 9.80. The number of nitrogen functional groups attached to an aromatic ring is 1. The first-order chi connectivity index (χ1) is 7.45. The minimum absolute atomic E-state index is 0.287. The van der Waals surface area contributed by atoms with Crippen molar-refractivity contribution in [1.29, 1.82) is 0 Å². The summed E-state index contributed by atoms with van der Waals surface area (Å²) in [5.74, 6) is -0.203. The lowest BCUT2D eigenvalue weighted by atomic mass is 10.3. The summed E-state index contributed by atoms with van der Waals surface area (Å²) in [4.78, 5) is 11.1. The number of ether oxygens (including phenoxy) is 2. The molecular formula is C10H11Cl2NO3. The predicted octanol–water partition coefficient (Wildman–Crippen LogP) is 2.52. The second-order valence-corrected chi connectivity index (χ2v) is 3.90. The van der Waals surface area contributed by atoms with Gasteiger partial charge >= 0.3 is 5.97 Å². The Balaban J connectivity index is 2.89. The van der Waals surface area contributed by atoms with Crippen molar-refractivity contribution in [3.8, 4) is 5.75 Å². The van der Waals surface area contributed by atoms with Gasteiger partial charge in [0.2, 0.25) is 0 Å². The monoisotopic (exact) mass is 263 g/mol. The maximum Gasteiger partial charge on any atom is 0.346 e. The lowest BCUT2D eigenvalue weighted by Gasteiger charge is -2.14.